The fourth-order valence-electron chi connectivity index (χ4n) is 3.38. The maximum atomic E-state index is 13.1. The molecular weight excluding hydrogens is 412 g/mol. The van der Waals surface area contributed by atoms with Gasteiger partial charge in [0, 0.05) is 12.7 Å². The van der Waals surface area contributed by atoms with Gasteiger partial charge in [-0.15, -0.1) is 0 Å². The number of methoxy groups -OCH3 is 1. The van der Waals surface area contributed by atoms with Gasteiger partial charge in [-0.25, -0.2) is 4.18 Å². The van der Waals surface area contributed by atoms with Gasteiger partial charge in [-0.2, -0.15) is 8.42 Å². The van der Waals surface area contributed by atoms with E-state index < -0.39 is 46.8 Å². The summed E-state index contributed by atoms with van der Waals surface area (Å²) in [5.74, 6) is -0.571. The molecule has 0 aliphatic carbocycles. The number of rotatable bonds is 5. The van der Waals surface area contributed by atoms with E-state index in [1.807, 2.05) is 37.3 Å². The van der Waals surface area contributed by atoms with Crippen LogP contribution in [-0.4, -0.2) is 52.5 Å². The van der Waals surface area contributed by atoms with Gasteiger partial charge in [-0.05, 0) is 19.1 Å². The lowest BCUT2D eigenvalue weighted by Crippen LogP contribution is -2.60. The van der Waals surface area contributed by atoms with E-state index in [0.29, 0.717) is 0 Å². The highest BCUT2D eigenvalue weighted by Gasteiger charge is 2.51. The van der Waals surface area contributed by atoms with Crippen molar-refractivity contribution in [3.05, 3.63) is 65.7 Å². The van der Waals surface area contributed by atoms with Crippen molar-refractivity contribution in [1.82, 2.24) is 0 Å². The molecule has 2 aromatic rings. The van der Waals surface area contributed by atoms with Crippen LogP contribution in [0.3, 0.4) is 0 Å². The summed E-state index contributed by atoms with van der Waals surface area (Å²) in [4.78, 5) is 13.1. The summed E-state index contributed by atoms with van der Waals surface area (Å²) in [6.07, 6.45) is -5.26. The smallest absolute Gasteiger partial charge is 0.297 e. The first-order valence-electron chi connectivity index (χ1n) is 9.43. The van der Waals surface area contributed by atoms with Gasteiger partial charge in [0.05, 0.1) is 11.5 Å². The number of carbonyl (C=O) groups excluding carboxylic acids is 1. The van der Waals surface area contributed by atoms with Crippen molar-refractivity contribution < 1.29 is 36.3 Å². The van der Waals surface area contributed by atoms with Gasteiger partial charge in [0.1, 0.15) is 6.10 Å². The van der Waals surface area contributed by atoms with Crippen molar-refractivity contribution in [2.45, 2.75) is 42.7 Å². The van der Waals surface area contributed by atoms with Gasteiger partial charge in [-0.1, -0.05) is 48.0 Å². The van der Waals surface area contributed by atoms with Crippen LogP contribution in [0.1, 0.15) is 17.4 Å². The minimum absolute atomic E-state index is 0.0621. The van der Waals surface area contributed by atoms with E-state index in [1.165, 1.54) is 19.2 Å². The van der Waals surface area contributed by atoms with Gasteiger partial charge in [0.25, 0.3) is 10.1 Å². The maximum absolute atomic E-state index is 13.1. The van der Waals surface area contributed by atoms with Crippen LogP contribution in [-0.2, 0) is 38.0 Å². The van der Waals surface area contributed by atoms with E-state index in [0.717, 1.165) is 11.1 Å². The van der Waals surface area contributed by atoms with Crippen molar-refractivity contribution in [3.8, 4) is 0 Å². The number of fused-ring (bicyclic) bond motifs is 1. The number of hydrogen-bond acceptors (Lipinski definition) is 8. The molecule has 2 fully saturated rings. The second-order valence-corrected chi connectivity index (χ2v) is 8.67. The van der Waals surface area contributed by atoms with Gasteiger partial charge < -0.3 is 18.9 Å². The number of benzene rings is 2. The van der Waals surface area contributed by atoms with Gasteiger partial charge in [0.2, 0.25) is 0 Å². The molecule has 0 saturated carbocycles. The summed E-state index contributed by atoms with van der Waals surface area (Å²) < 4.78 is 53.1. The minimum atomic E-state index is -4.22. The van der Waals surface area contributed by atoms with Crippen molar-refractivity contribution in [3.63, 3.8) is 0 Å². The first-order valence-corrected chi connectivity index (χ1v) is 10.8. The Morgan fingerprint density at radius 3 is 2.37 bits per heavy atom. The Bertz CT molecular complexity index is 989. The molecular formula is C21H22O8S. The number of hydrogen-bond donors (Lipinski definition) is 0. The summed E-state index contributed by atoms with van der Waals surface area (Å²) in [5.41, 5.74) is 1.63. The summed E-state index contributed by atoms with van der Waals surface area (Å²) in [5, 5.41) is 0. The topological polar surface area (TPSA) is 97.4 Å². The quantitative estimate of drug-likeness (QED) is 0.660. The number of aryl methyl sites for hydroxylation is 1. The Hall–Kier alpha value is -2.14. The van der Waals surface area contributed by atoms with Crippen LogP contribution >= 0.6 is 0 Å². The Morgan fingerprint density at radius 1 is 1.00 bits per heavy atom. The lowest BCUT2D eigenvalue weighted by molar-refractivity contribution is -0.311. The molecule has 8 nitrogen and oxygen atoms in total. The van der Waals surface area contributed by atoms with Crippen LogP contribution < -0.4 is 0 Å². The van der Waals surface area contributed by atoms with Gasteiger partial charge in [-0.3, -0.25) is 4.79 Å². The lowest BCUT2D eigenvalue weighted by Gasteiger charge is -2.42. The highest BCUT2D eigenvalue weighted by molar-refractivity contribution is 7.86. The molecule has 30 heavy (non-hydrogen) atoms. The van der Waals surface area contributed by atoms with Gasteiger partial charge in [0.15, 0.2) is 30.6 Å². The molecule has 0 radical (unpaired) electrons. The maximum Gasteiger partial charge on any atom is 0.297 e. The second-order valence-electron chi connectivity index (χ2n) is 7.10. The normalized spacial score (nSPS) is 29.4. The van der Waals surface area contributed by atoms with Crippen LogP contribution in [0, 0.1) is 6.92 Å². The molecule has 0 unspecified atom stereocenters. The van der Waals surface area contributed by atoms with Gasteiger partial charge >= 0.3 is 0 Å². The van der Waals surface area contributed by atoms with Crippen LogP contribution in [0.25, 0.3) is 0 Å². The SMILES string of the molecule is CO[C@@H]1O[C@@H]2CO[C@H](c3ccccc3)O[C@@H]2C(=O)[C@@H]1OS(=O)(=O)c1ccc(C)cc1. The summed E-state index contributed by atoms with van der Waals surface area (Å²) in [6.45, 7) is 1.93. The predicted octanol–water partition coefficient (Wildman–Crippen LogP) is 2.12. The third kappa shape index (κ3) is 4.18. The zero-order chi connectivity index (χ0) is 21.3. The molecule has 0 spiro atoms. The summed E-state index contributed by atoms with van der Waals surface area (Å²) >= 11 is 0. The van der Waals surface area contributed by atoms with E-state index in [1.54, 1.807) is 12.1 Å². The second kappa shape index (κ2) is 8.54. The van der Waals surface area contributed by atoms with E-state index in [9.17, 15) is 13.2 Å². The fraction of sp³-hybridized carbons (Fsp3) is 0.381. The number of Topliss-reactive ketones (excluding diaryl/α,β-unsaturated/α-hetero) is 1. The number of ether oxygens (including phenoxy) is 4. The number of carbonyl (C=O) groups is 1. The molecule has 0 aromatic heterocycles. The molecule has 4 rings (SSSR count). The Balaban J connectivity index is 1.56. The molecule has 5 atom stereocenters. The predicted molar refractivity (Wildman–Crippen MR) is 104 cm³/mol. The first-order chi connectivity index (χ1) is 14.4. The van der Waals surface area contributed by atoms with Crippen LogP contribution in [0.15, 0.2) is 59.5 Å². The monoisotopic (exact) mass is 434 g/mol. The lowest BCUT2D eigenvalue weighted by atomic mass is 9.99. The molecule has 0 N–H and O–H groups in total. The Kier molecular flexibility index (Phi) is 6.01. The van der Waals surface area contributed by atoms with E-state index >= 15 is 0 Å². The highest BCUT2D eigenvalue weighted by Crippen LogP contribution is 2.34. The van der Waals surface area contributed by atoms with Crippen molar-refractivity contribution >= 4 is 15.9 Å². The Morgan fingerprint density at radius 2 is 1.70 bits per heavy atom. The molecule has 2 saturated heterocycles. The van der Waals surface area contributed by atoms with Crippen molar-refractivity contribution in [1.29, 1.82) is 0 Å². The zero-order valence-corrected chi connectivity index (χ0v) is 17.3. The molecule has 2 heterocycles. The van der Waals surface area contributed by atoms with Crippen molar-refractivity contribution in [2.24, 2.45) is 0 Å². The molecule has 2 aromatic carbocycles. The molecule has 2 aliphatic rings. The molecule has 160 valence electrons. The Labute approximate surface area is 174 Å². The minimum Gasteiger partial charge on any atom is -0.353 e. The summed E-state index contributed by atoms with van der Waals surface area (Å²) in [6, 6.07) is 15.3. The third-order valence-electron chi connectivity index (χ3n) is 4.98. The van der Waals surface area contributed by atoms with Crippen LogP contribution in [0.2, 0.25) is 0 Å². The highest BCUT2D eigenvalue weighted by atomic mass is 32.2. The zero-order valence-electron chi connectivity index (χ0n) is 16.5. The average molecular weight is 434 g/mol. The van der Waals surface area contributed by atoms with E-state index in [2.05, 4.69) is 0 Å². The largest absolute Gasteiger partial charge is 0.353 e. The van der Waals surface area contributed by atoms with E-state index in [4.69, 9.17) is 23.1 Å². The molecule has 0 bridgehead atoms. The average Bonchev–Trinajstić information content (AvgIpc) is 2.76. The third-order valence-corrected chi connectivity index (χ3v) is 6.29. The summed E-state index contributed by atoms with van der Waals surface area (Å²) in [7, 11) is -2.91. The molecule has 2 aliphatic heterocycles. The fourth-order valence-corrected chi connectivity index (χ4v) is 4.42. The van der Waals surface area contributed by atoms with E-state index in [-0.39, 0.29) is 11.5 Å². The first kappa shape index (κ1) is 21.1. The number of ketones is 1. The van der Waals surface area contributed by atoms with Crippen molar-refractivity contribution in [2.75, 3.05) is 13.7 Å². The standard InChI is InChI=1S/C21H22O8S/c1-13-8-10-15(11-9-13)30(23,24)29-19-17(22)18-16(27-21(19)25-2)12-26-20(28-18)14-6-4-3-5-7-14/h3-11,16,18-21H,12H2,1-2H3/t16-,18+,19+,20+,21-/m1/s1. The molecule has 0 amide bonds. The van der Waals surface area contributed by atoms with Crippen LogP contribution in [0.5, 0.6) is 0 Å². The van der Waals surface area contributed by atoms with Crippen LogP contribution in [0.4, 0.5) is 0 Å². The molecule has 9 heteroatoms.